The molecule has 0 radical (unpaired) electrons. The lowest BCUT2D eigenvalue weighted by Gasteiger charge is -2.16. The van der Waals surface area contributed by atoms with Gasteiger partial charge in [0.05, 0.1) is 16.9 Å². The summed E-state index contributed by atoms with van der Waals surface area (Å²) >= 11 is 0. The molecule has 7 nitrogen and oxygen atoms in total. The maximum atomic E-state index is 13.4. The molecule has 1 fully saturated rings. The average Bonchev–Trinajstić information content (AvgIpc) is 3.56. The van der Waals surface area contributed by atoms with E-state index in [-0.39, 0.29) is 24.0 Å². The Morgan fingerprint density at radius 1 is 1.00 bits per heavy atom. The third-order valence-corrected chi connectivity index (χ3v) is 8.43. The van der Waals surface area contributed by atoms with Crippen molar-refractivity contribution in [3.05, 3.63) is 77.4 Å². The van der Waals surface area contributed by atoms with E-state index in [9.17, 15) is 13.2 Å². The smallest absolute Gasteiger partial charge is 0.240 e. The number of hydrogen-bond donors (Lipinski definition) is 1. The van der Waals surface area contributed by atoms with E-state index in [4.69, 9.17) is 14.2 Å². The number of nitrogens with one attached hydrogen (secondary N) is 1. The third kappa shape index (κ3) is 4.76. The SMILES string of the molecule is COCCNS(=O)(=O)c1ccc(-c2cc(CC(=O)C3(c4ccc5c(c4)OCO5)CC3)ccc2C)cc1. The zero-order valence-electron chi connectivity index (χ0n) is 20.4. The number of ether oxygens (including phenoxy) is 3. The lowest BCUT2D eigenvalue weighted by molar-refractivity contribution is -0.120. The molecule has 188 valence electrons. The van der Waals surface area contributed by atoms with Crippen molar-refractivity contribution >= 4 is 15.8 Å². The van der Waals surface area contributed by atoms with Crippen LogP contribution in [0.25, 0.3) is 11.1 Å². The quantitative estimate of drug-likeness (QED) is 0.415. The highest BCUT2D eigenvalue weighted by molar-refractivity contribution is 7.89. The van der Waals surface area contributed by atoms with Gasteiger partial charge in [-0.15, -0.1) is 0 Å². The van der Waals surface area contributed by atoms with Gasteiger partial charge in [0, 0.05) is 20.1 Å². The van der Waals surface area contributed by atoms with E-state index in [1.165, 1.54) is 7.11 Å². The Morgan fingerprint density at radius 2 is 1.75 bits per heavy atom. The Kier molecular flexibility index (Phi) is 6.59. The molecule has 1 aliphatic carbocycles. The second-order valence-corrected chi connectivity index (χ2v) is 11.1. The molecule has 1 heterocycles. The third-order valence-electron chi connectivity index (χ3n) is 6.95. The highest BCUT2D eigenvalue weighted by atomic mass is 32.2. The van der Waals surface area contributed by atoms with E-state index in [0.717, 1.165) is 46.4 Å². The van der Waals surface area contributed by atoms with Crippen molar-refractivity contribution < 1.29 is 27.4 Å². The van der Waals surface area contributed by atoms with Crippen LogP contribution in [0.1, 0.15) is 29.5 Å². The van der Waals surface area contributed by atoms with Gasteiger partial charge in [-0.1, -0.05) is 36.4 Å². The fraction of sp³-hybridized carbons (Fsp3) is 0.321. The van der Waals surface area contributed by atoms with Crippen molar-refractivity contribution in [1.29, 1.82) is 0 Å². The minimum absolute atomic E-state index is 0.194. The van der Waals surface area contributed by atoms with E-state index in [1.807, 2.05) is 43.3 Å². The first-order valence-corrected chi connectivity index (χ1v) is 13.4. The van der Waals surface area contributed by atoms with Gasteiger partial charge in [-0.2, -0.15) is 0 Å². The molecule has 8 heteroatoms. The Balaban J connectivity index is 1.34. The minimum atomic E-state index is -3.60. The second-order valence-electron chi connectivity index (χ2n) is 9.31. The molecule has 1 aliphatic heterocycles. The van der Waals surface area contributed by atoms with Crippen LogP contribution in [-0.4, -0.2) is 41.3 Å². The number of ketones is 1. The lowest BCUT2D eigenvalue weighted by Crippen LogP contribution is -2.27. The number of Topliss-reactive ketones (excluding diaryl/α,β-unsaturated/α-hetero) is 1. The van der Waals surface area contributed by atoms with Gasteiger partial charge < -0.3 is 14.2 Å². The maximum absolute atomic E-state index is 13.4. The van der Waals surface area contributed by atoms with E-state index >= 15 is 0 Å². The molecular formula is C28H29NO6S. The molecule has 3 aromatic rings. The van der Waals surface area contributed by atoms with E-state index in [1.54, 1.807) is 24.3 Å². The predicted molar refractivity (Wildman–Crippen MR) is 136 cm³/mol. The predicted octanol–water partition coefficient (Wildman–Crippen LogP) is 4.16. The van der Waals surface area contributed by atoms with Gasteiger partial charge in [-0.25, -0.2) is 13.1 Å². The molecule has 0 unspecified atom stereocenters. The van der Waals surface area contributed by atoms with Crippen molar-refractivity contribution in [1.82, 2.24) is 4.72 Å². The van der Waals surface area contributed by atoms with Crippen LogP contribution in [0.2, 0.25) is 0 Å². The summed E-state index contributed by atoms with van der Waals surface area (Å²) in [5.41, 5.74) is 4.39. The van der Waals surface area contributed by atoms with Crippen molar-refractivity contribution in [3.63, 3.8) is 0 Å². The number of benzene rings is 3. The zero-order chi connectivity index (χ0) is 25.3. The molecule has 36 heavy (non-hydrogen) atoms. The molecule has 0 saturated heterocycles. The summed E-state index contributed by atoms with van der Waals surface area (Å²) in [7, 11) is -2.07. The van der Waals surface area contributed by atoms with Gasteiger partial charge in [-0.3, -0.25) is 4.79 Å². The van der Waals surface area contributed by atoms with Crippen molar-refractivity contribution in [2.24, 2.45) is 0 Å². The summed E-state index contributed by atoms with van der Waals surface area (Å²) in [6, 6.07) is 18.6. The largest absolute Gasteiger partial charge is 0.454 e. The molecule has 0 aromatic heterocycles. The van der Waals surface area contributed by atoms with Gasteiger partial charge in [0.2, 0.25) is 16.8 Å². The number of aryl methyl sites for hydroxylation is 1. The molecule has 0 amide bonds. The van der Waals surface area contributed by atoms with Crippen LogP contribution in [0.15, 0.2) is 65.6 Å². The normalized spacial score (nSPS) is 15.6. The zero-order valence-corrected chi connectivity index (χ0v) is 21.2. The first kappa shape index (κ1) is 24.5. The summed E-state index contributed by atoms with van der Waals surface area (Å²) in [5.74, 6) is 1.61. The Hall–Kier alpha value is -3.20. The van der Waals surface area contributed by atoms with E-state index in [0.29, 0.717) is 18.8 Å². The number of carbonyl (C=O) groups excluding carboxylic acids is 1. The molecule has 0 spiro atoms. The first-order valence-electron chi connectivity index (χ1n) is 11.9. The highest BCUT2D eigenvalue weighted by Crippen LogP contribution is 2.51. The lowest BCUT2D eigenvalue weighted by atomic mass is 9.87. The van der Waals surface area contributed by atoms with Gasteiger partial charge in [-0.05, 0) is 71.8 Å². The fourth-order valence-corrected chi connectivity index (χ4v) is 5.68. The minimum Gasteiger partial charge on any atom is -0.454 e. The van der Waals surface area contributed by atoms with Gasteiger partial charge in [0.25, 0.3) is 0 Å². The van der Waals surface area contributed by atoms with Gasteiger partial charge >= 0.3 is 0 Å². The molecular weight excluding hydrogens is 478 g/mol. The van der Waals surface area contributed by atoms with Crippen LogP contribution in [0.3, 0.4) is 0 Å². The molecule has 0 bridgehead atoms. The van der Waals surface area contributed by atoms with E-state index < -0.39 is 15.4 Å². The summed E-state index contributed by atoms with van der Waals surface area (Å²) in [6.45, 7) is 2.73. The molecule has 0 atom stereocenters. The number of methoxy groups -OCH3 is 1. The number of rotatable bonds is 10. The Bertz CT molecular complexity index is 1390. The fourth-order valence-electron chi connectivity index (χ4n) is 4.67. The summed E-state index contributed by atoms with van der Waals surface area (Å²) in [4.78, 5) is 13.6. The topological polar surface area (TPSA) is 90.9 Å². The summed E-state index contributed by atoms with van der Waals surface area (Å²) < 4.78 is 43.3. The Labute approximate surface area is 211 Å². The number of sulfonamides is 1. The maximum Gasteiger partial charge on any atom is 0.240 e. The summed E-state index contributed by atoms with van der Waals surface area (Å²) in [6.07, 6.45) is 1.99. The van der Waals surface area contributed by atoms with Crippen molar-refractivity contribution in [3.8, 4) is 22.6 Å². The molecule has 5 rings (SSSR count). The van der Waals surface area contributed by atoms with Crippen LogP contribution in [0, 0.1) is 6.92 Å². The van der Waals surface area contributed by atoms with Gasteiger partial charge in [0.15, 0.2) is 11.5 Å². The standard InChI is InChI=1S/C28H29NO6S/c1-19-3-4-20(15-24(19)21-5-8-23(9-6-21)36(31,32)29-13-14-33-2)16-27(30)28(11-12-28)22-7-10-25-26(17-22)35-18-34-25/h3-10,15,17,29H,11-14,16,18H2,1-2H3. The van der Waals surface area contributed by atoms with Crippen molar-refractivity contribution in [2.45, 2.75) is 36.5 Å². The molecule has 1 N–H and O–H groups in total. The monoisotopic (exact) mass is 507 g/mol. The number of fused-ring (bicyclic) bond motifs is 1. The average molecular weight is 508 g/mol. The summed E-state index contributed by atoms with van der Waals surface area (Å²) in [5, 5.41) is 0. The van der Waals surface area contributed by atoms with Crippen LogP contribution in [0.4, 0.5) is 0 Å². The van der Waals surface area contributed by atoms with Crippen LogP contribution >= 0.6 is 0 Å². The van der Waals surface area contributed by atoms with Crippen LogP contribution < -0.4 is 14.2 Å². The van der Waals surface area contributed by atoms with Crippen LogP contribution in [0.5, 0.6) is 11.5 Å². The first-order chi connectivity index (χ1) is 17.3. The second kappa shape index (κ2) is 9.69. The molecule has 2 aliphatic rings. The van der Waals surface area contributed by atoms with Crippen molar-refractivity contribution in [2.75, 3.05) is 27.1 Å². The van der Waals surface area contributed by atoms with E-state index in [2.05, 4.69) is 4.72 Å². The Morgan fingerprint density at radius 3 is 2.47 bits per heavy atom. The van der Waals surface area contributed by atoms with Gasteiger partial charge in [0.1, 0.15) is 5.78 Å². The number of hydrogen-bond acceptors (Lipinski definition) is 6. The highest BCUT2D eigenvalue weighted by Gasteiger charge is 2.50. The molecule has 3 aromatic carbocycles. The number of carbonyl (C=O) groups is 1. The molecule has 1 saturated carbocycles. The van der Waals surface area contributed by atoms with Crippen LogP contribution in [-0.2, 0) is 31.4 Å².